The molecule has 0 saturated heterocycles. The minimum Gasteiger partial charge on any atom is -0.389 e. The average molecular weight is 328 g/mol. The van der Waals surface area contributed by atoms with Gasteiger partial charge in [0.15, 0.2) is 0 Å². The molecule has 0 spiro atoms. The van der Waals surface area contributed by atoms with Crippen LogP contribution in [0, 0.1) is 0 Å². The summed E-state index contributed by atoms with van der Waals surface area (Å²) in [6.45, 7) is 4.98. The van der Waals surface area contributed by atoms with Gasteiger partial charge >= 0.3 is 0 Å². The molecule has 0 aromatic heterocycles. The molecule has 3 rings (SSSR count). The Morgan fingerprint density at radius 3 is 2.52 bits per heavy atom. The minimum atomic E-state index is -0.585. The highest BCUT2D eigenvalue weighted by Gasteiger charge is 2.42. The Labute approximate surface area is 137 Å². The van der Waals surface area contributed by atoms with Gasteiger partial charge in [-0.3, -0.25) is 4.90 Å². The normalized spacial score (nSPS) is 25.6. The van der Waals surface area contributed by atoms with Gasteiger partial charge in [-0.25, -0.2) is 0 Å². The number of halogens is 2. The standard InChI is InChI=1S/C17H23Cl2NO/c1-2-20-10-12-8-15(18)16(19)9-13(12)14(11-20)17(21)6-4-3-5-7-17/h8-9,14,21H,2-7,10-11H2,1H3. The first-order valence-electron chi connectivity index (χ1n) is 7.96. The Hall–Kier alpha value is -0.280. The van der Waals surface area contributed by atoms with Crippen LogP contribution >= 0.6 is 23.2 Å². The molecule has 1 fully saturated rings. The Balaban J connectivity index is 2.02. The summed E-state index contributed by atoms with van der Waals surface area (Å²) in [5.74, 6) is 0.149. The van der Waals surface area contributed by atoms with Gasteiger partial charge in [0.05, 0.1) is 15.6 Å². The molecule has 4 heteroatoms. The van der Waals surface area contributed by atoms with Crippen molar-refractivity contribution in [3.8, 4) is 0 Å². The maximum atomic E-state index is 11.2. The summed E-state index contributed by atoms with van der Waals surface area (Å²) in [6, 6.07) is 3.98. The van der Waals surface area contributed by atoms with Crippen LogP contribution < -0.4 is 0 Å². The van der Waals surface area contributed by atoms with E-state index < -0.39 is 5.60 Å². The van der Waals surface area contributed by atoms with Crippen LogP contribution in [-0.2, 0) is 6.54 Å². The number of hydrogen-bond acceptors (Lipinski definition) is 2. The van der Waals surface area contributed by atoms with Crippen LogP contribution in [0.4, 0.5) is 0 Å². The number of aliphatic hydroxyl groups is 1. The topological polar surface area (TPSA) is 23.5 Å². The van der Waals surface area contributed by atoms with Crippen LogP contribution in [0.15, 0.2) is 12.1 Å². The lowest BCUT2D eigenvalue weighted by Crippen LogP contribution is -2.47. The summed E-state index contributed by atoms with van der Waals surface area (Å²) in [6.07, 6.45) is 5.27. The van der Waals surface area contributed by atoms with Gasteiger partial charge in [0, 0.05) is 19.0 Å². The SMILES string of the molecule is CCN1Cc2cc(Cl)c(Cl)cc2C(C2(O)CCCCC2)C1. The van der Waals surface area contributed by atoms with Crippen molar-refractivity contribution in [3.63, 3.8) is 0 Å². The van der Waals surface area contributed by atoms with Crippen LogP contribution in [0.1, 0.15) is 56.1 Å². The summed E-state index contributed by atoms with van der Waals surface area (Å²) >= 11 is 12.4. The predicted molar refractivity (Wildman–Crippen MR) is 88.2 cm³/mol. The van der Waals surface area contributed by atoms with E-state index in [-0.39, 0.29) is 5.92 Å². The van der Waals surface area contributed by atoms with Gasteiger partial charge in [-0.2, -0.15) is 0 Å². The molecule has 2 aliphatic rings. The summed E-state index contributed by atoms with van der Waals surface area (Å²) < 4.78 is 0. The monoisotopic (exact) mass is 327 g/mol. The molecule has 1 atom stereocenters. The van der Waals surface area contributed by atoms with E-state index in [9.17, 15) is 5.11 Å². The number of likely N-dealkylation sites (N-methyl/N-ethyl adjacent to an activating group) is 1. The Kier molecular flexibility index (Phi) is 4.52. The lowest BCUT2D eigenvalue weighted by molar-refractivity contribution is -0.0351. The zero-order valence-electron chi connectivity index (χ0n) is 12.5. The van der Waals surface area contributed by atoms with Gasteiger partial charge in [-0.1, -0.05) is 49.4 Å². The average Bonchev–Trinajstić information content (AvgIpc) is 2.48. The predicted octanol–water partition coefficient (Wildman–Crippen LogP) is 4.61. The minimum absolute atomic E-state index is 0.149. The van der Waals surface area contributed by atoms with Crippen molar-refractivity contribution in [1.82, 2.24) is 4.90 Å². The second-order valence-corrected chi connectivity index (χ2v) is 7.32. The lowest BCUT2D eigenvalue weighted by Gasteiger charge is -2.45. The molecule has 1 saturated carbocycles. The summed E-state index contributed by atoms with van der Waals surface area (Å²) in [7, 11) is 0. The van der Waals surface area contributed by atoms with E-state index in [0.29, 0.717) is 10.0 Å². The first-order chi connectivity index (χ1) is 10.0. The van der Waals surface area contributed by atoms with E-state index in [1.54, 1.807) is 0 Å². The molecule has 2 nitrogen and oxygen atoms in total. The Morgan fingerprint density at radius 2 is 1.86 bits per heavy atom. The second-order valence-electron chi connectivity index (χ2n) is 6.51. The van der Waals surface area contributed by atoms with Crippen LogP contribution in [0.3, 0.4) is 0 Å². The van der Waals surface area contributed by atoms with Crippen molar-refractivity contribution in [2.75, 3.05) is 13.1 Å². The van der Waals surface area contributed by atoms with E-state index >= 15 is 0 Å². The van der Waals surface area contributed by atoms with Crippen LogP contribution in [0.5, 0.6) is 0 Å². The molecule has 116 valence electrons. The molecule has 0 amide bonds. The van der Waals surface area contributed by atoms with E-state index in [0.717, 1.165) is 45.3 Å². The molecule has 1 aliphatic heterocycles. The van der Waals surface area contributed by atoms with Gasteiger partial charge < -0.3 is 5.11 Å². The van der Waals surface area contributed by atoms with Gasteiger partial charge in [-0.05, 0) is 42.6 Å². The van der Waals surface area contributed by atoms with Gasteiger partial charge in [0.2, 0.25) is 0 Å². The molecule has 1 unspecified atom stereocenters. The third-order valence-corrected chi connectivity index (χ3v) is 5.93. The molecule has 1 heterocycles. The van der Waals surface area contributed by atoms with E-state index in [1.807, 2.05) is 12.1 Å². The first kappa shape index (κ1) is 15.6. The van der Waals surface area contributed by atoms with Crippen molar-refractivity contribution >= 4 is 23.2 Å². The first-order valence-corrected chi connectivity index (χ1v) is 8.71. The number of fused-ring (bicyclic) bond motifs is 1. The fraction of sp³-hybridized carbons (Fsp3) is 0.647. The maximum Gasteiger partial charge on any atom is 0.0728 e. The molecule has 1 N–H and O–H groups in total. The molecular formula is C17H23Cl2NO. The fourth-order valence-electron chi connectivity index (χ4n) is 3.94. The molecule has 1 aromatic rings. The quantitative estimate of drug-likeness (QED) is 0.857. The van der Waals surface area contributed by atoms with Crippen molar-refractivity contribution in [1.29, 1.82) is 0 Å². The van der Waals surface area contributed by atoms with Crippen molar-refractivity contribution in [3.05, 3.63) is 33.3 Å². The van der Waals surface area contributed by atoms with Gasteiger partial charge in [0.1, 0.15) is 0 Å². The Bertz CT molecular complexity index is 526. The van der Waals surface area contributed by atoms with E-state index in [2.05, 4.69) is 11.8 Å². The molecule has 0 radical (unpaired) electrons. The maximum absolute atomic E-state index is 11.2. The van der Waals surface area contributed by atoms with E-state index in [4.69, 9.17) is 23.2 Å². The molecule has 1 aromatic carbocycles. The van der Waals surface area contributed by atoms with Crippen LogP contribution in [0.25, 0.3) is 0 Å². The molecule has 0 bridgehead atoms. The van der Waals surface area contributed by atoms with Crippen LogP contribution in [0.2, 0.25) is 10.0 Å². The number of rotatable bonds is 2. The van der Waals surface area contributed by atoms with Crippen molar-refractivity contribution in [2.45, 2.75) is 57.1 Å². The third-order valence-electron chi connectivity index (χ3n) is 5.21. The third kappa shape index (κ3) is 2.96. The summed E-state index contributed by atoms with van der Waals surface area (Å²) in [5, 5.41) is 12.4. The number of nitrogens with zero attached hydrogens (tertiary/aromatic N) is 1. The lowest BCUT2D eigenvalue weighted by atomic mass is 9.70. The molecule has 21 heavy (non-hydrogen) atoms. The highest BCUT2D eigenvalue weighted by atomic mass is 35.5. The summed E-state index contributed by atoms with van der Waals surface area (Å²) in [4.78, 5) is 2.39. The highest BCUT2D eigenvalue weighted by Crippen LogP contribution is 2.45. The van der Waals surface area contributed by atoms with Crippen LogP contribution in [-0.4, -0.2) is 28.7 Å². The molecule has 1 aliphatic carbocycles. The second kappa shape index (κ2) is 6.08. The number of benzene rings is 1. The largest absolute Gasteiger partial charge is 0.389 e. The van der Waals surface area contributed by atoms with Gasteiger partial charge in [-0.15, -0.1) is 0 Å². The van der Waals surface area contributed by atoms with Crippen molar-refractivity contribution in [2.24, 2.45) is 0 Å². The highest BCUT2D eigenvalue weighted by molar-refractivity contribution is 6.42. The smallest absolute Gasteiger partial charge is 0.0728 e. The summed E-state index contributed by atoms with van der Waals surface area (Å²) in [5.41, 5.74) is 1.85. The Morgan fingerprint density at radius 1 is 1.19 bits per heavy atom. The zero-order chi connectivity index (χ0) is 15.0. The fourth-order valence-corrected chi connectivity index (χ4v) is 4.30. The molecular weight excluding hydrogens is 305 g/mol. The van der Waals surface area contributed by atoms with Crippen molar-refractivity contribution < 1.29 is 5.11 Å². The van der Waals surface area contributed by atoms with Gasteiger partial charge in [0.25, 0.3) is 0 Å². The van der Waals surface area contributed by atoms with E-state index in [1.165, 1.54) is 17.5 Å². The number of hydrogen-bond donors (Lipinski definition) is 1. The zero-order valence-corrected chi connectivity index (χ0v) is 14.1.